The minimum absolute atomic E-state index is 0.138. The molecule has 0 unspecified atom stereocenters. The minimum Gasteiger partial charge on any atom is -0.484 e. The number of carbonyl (C=O) groups is 2. The second-order valence-corrected chi connectivity index (χ2v) is 4.89. The Labute approximate surface area is 132 Å². The quantitative estimate of drug-likeness (QED) is 0.826. The smallest absolute Gasteiger partial charge is 0.258 e. The van der Waals surface area contributed by atoms with Crippen molar-refractivity contribution in [2.24, 2.45) is 5.73 Å². The fourth-order valence-corrected chi connectivity index (χ4v) is 1.99. The van der Waals surface area contributed by atoms with Crippen LogP contribution in [-0.2, 0) is 4.79 Å². The average molecular weight is 320 g/mol. The van der Waals surface area contributed by atoms with E-state index in [1.54, 1.807) is 43.3 Å². The molecule has 7 heteroatoms. The molecule has 0 atom stereocenters. The molecule has 1 aromatic heterocycles. The van der Waals surface area contributed by atoms with E-state index >= 15 is 0 Å². The van der Waals surface area contributed by atoms with Crippen molar-refractivity contribution < 1.29 is 14.3 Å². The highest BCUT2D eigenvalue weighted by Gasteiger charge is 2.12. The van der Waals surface area contributed by atoms with Gasteiger partial charge in [-0.3, -0.25) is 9.59 Å². The van der Waals surface area contributed by atoms with Gasteiger partial charge in [0.25, 0.3) is 11.8 Å². The lowest BCUT2D eigenvalue weighted by Crippen LogP contribution is -2.20. The number of aromatic nitrogens is 1. The van der Waals surface area contributed by atoms with Crippen LogP contribution in [0.3, 0.4) is 0 Å². The number of hydrogen-bond acceptors (Lipinski definition) is 4. The molecule has 22 heavy (non-hydrogen) atoms. The van der Waals surface area contributed by atoms with Crippen LogP contribution in [-0.4, -0.2) is 23.4 Å². The molecule has 0 aliphatic carbocycles. The monoisotopic (exact) mass is 319 g/mol. The van der Waals surface area contributed by atoms with Crippen molar-refractivity contribution in [1.82, 2.24) is 4.98 Å². The largest absolute Gasteiger partial charge is 0.484 e. The third-order valence-corrected chi connectivity index (χ3v) is 2.99. The zero-order valence-electron chi connectivity index (χ0n) is 11.8. The third kappa shape index (κ3) is 4.20. The molecule has 1 aromatic carbocycles. The molecule has 0 bridgehead atoms. The van der Waals surface area contributed by atoms with Crippen molar-refractivity contribution in [2.75, 3.05) is 11.9 Å². The number of nitrogens with one attached hydrogen (secondary N) is 1. The van der Waals surface area contributed by atoms with Crippen molar-refractivity contribution in [3.05, 3.63) is 52.8 Å². The lowest BCUT2D eigenvalue weighted by atomic mass is 10.2. The van der Waals surface area contributed by atoms with E-state index in [0.29, 0.717) is 11.4 Å². The summed E-state index contributed by atoms with van der Waals surface area (Å²) in [6.07, 6.45) is 0. The van der Waals surface area contributed by atoms with Gasteiger partial charge in [0.1, 0.15) is 10.9 Å². The third-order valence-electron chi connectivity index (χ3n) is 2.71. The van der Waals surface area contributed by atoms with E-state index < -0.39 is 5.91 Å². The summed E-state index contributed by atoms with van der Waals surface area (Å²) in [7, 11) is 0. The van der Waals surface area contributed by atoms with Crippen LogP contribution >= 0.6 is 11.6 Å². The van der Waals surface area contributed by atoms with E-state index in [2.05, 4.69) is 10.3 Å². The number of nitrogens with zero attached hydrogens (tertiary/aromatic N) is 1. The molecule has 0 saturated carbocycles. The van der Waals surface area contributed by atoms with Gasteiger partial charge in [-0.2, -0.15) is 0 Å². The SMILES string of the molecule is Cc1ccc(C(=O)Nc2cccc(OCC(N)=O)c2)c(Cl)n1. The lowest BCUT2D eigenvalue weighted by molar-refractivity contribution is -0.119. The average Bonchev–Trinajstić information content (AvgIpc) is 2.45. The molecule has 0 fully saturated rings. The van der Waals surface area contributed by atoms with Gasteiger partial charge in [0.15, 0.2) is 6.61 Å². The van der Waals surface area contributed by atoms with Gasteiger partial charge in [-0.15, -0.1) is 0 Å². The summed E-state index contributed by atoms with van der Waals surface area (Å²) in [5, 5.41) is 2.82. The Bertz CT molecular complexity index is 719. The molecule has 2 rings (SSSR count). The molecular weight excluding hydrogens is 306 g/mol. The number of anilines is 1. The first kappa shape index (κ1) is 15.8. The summed E-state index contributed by atoms with van der Waals surface area (Å²) in [6.45, 7) is 1.55. The highest BCUT2D eigenvalue weighted by atomic mass is 35.5. The van der Waals surface area contributed by atoms with Gasteiger partial charge in [0.05, 0.1) is 5.56 Å². The minimum atomic E-state index is -0.577. The summed E-state index contributed by atoms with van der Waals surface area (Å²) in [6, 6.07) is 9.90. The molecular formula is C15H14ClN3O3. The first-order chi connectivity index (χ1) is 10.5. The highest BCUT2D eigenvalue weighted by molar-refractivity contribution is 6.33. The first-order valence-corrected chi connectivity index (χ1v) is 6.79. The number of ether oxygens (including phenoxy) is 1. The standard InChI is InChI=1S/C15H14ClN3O3/c1-9-5-6-12(14(16)18-9)15(21)19-10-3-2-4-11(7-10)22-8-13(17)20/h2-7H,8H2,1H3,(H2,17,20)(H,19,21). The Morgan fingerprint density at radius 3 is 2.77 bits per heavy atom. The summed E-state index contributed by atoms with van der Waals surface area (Å²) in [5.41, 5.74) is 6.51. The van der Waals surface area contributed by atoms with Crippen LogP contribution in [0.15, 0.2) is 36.4 Å². The van der Waals surface area contributed by atoms with E-state index in [0.717, 1.165) is 5.69 Å². The molecule has 6 nitrogen and oxygen atoms in total. The first-order valence-electron chi connectivity index (χ1n) is 6.41. The number of benzene rings is 1. The van der Waals surface area contributed by atoms with Crippen molar-refractivity contribution >= 4 is 29.1 Å². The van der Waals surface area contributed by atoms with Crippen molar-refractivity contribution in [1.29, 1.82) is 0 Å². The van der Waals surface area contributed by atoms with Crippen molar-refractivity contribution in [3.63, 3.8) is 0 Å². The Balaban J connectivity index is 2.11. The lowest BCUT2D eigenvalue weighted by Gasteiger charge is -2.09. The number of halogens is 1. The molecule has 114 valence electrons. The van der Waals surface area contributed by atoms with Crippen LogP contribution in [0, 0.1) is 6.92 Å². The second-order valence-electron chi connectivity index (χ2n) is 4.53. The van der Waals surface area contributed by atoms with Crippen molar-refractivity contribution in [2.45, 2.75) is 6.92 Å². The summed E-state index contributed by atoms with van der Waals surface area (Å²) >= 11 is 5.96. The fourth-order valence-electron chi connectivity index (χ4n) is 1.71. The number of aryl methyl sites for hydroxylation is 1. The number of rotatable bonds is 5. The van der Waals surface area contributed by atoms with Crippen LogP contribution < -0.4 is 15.8 Å². The molecule has 1 heterocycles. The second kappa shape index (κ2) is 6.91. The zero-order valence-corrected chi connectivity index (χ0v) is 12.6. The number of amides is 2. The van der Waals surface area contributed by atoms with Gasteiger partial charge in [-0.1, -0.05) is 17.7 Å². The zero-order chi connectivity index (χ0) is 16.1. The number of hydrogen-bond donors (Lipinski definition) is 2. The predicted octanol–water partition coefficient (Wildman–Crippen LogP) is 2.16. The van der Waals surface area contributed by atoms with E-state index in [1.807, 2.05) is 0 Å². The fraction of sp³-hybridized carbons (Fsp3) is 0.133. The van der Waals surface area contributed by atoms with Gasteiger partial charge in [0, 0.05) is 17.4 Å². The predicted molar refractivity (Wildman–Crippen MR) is 83.1 cm³/mol. The molecule has 2 aromatic rings. The molecule has 0 spiro atoms. The van der Waals surface area contributed by atoms with Gasteiger partial charge >= 0.3 is 0 Å². The van der Waals surface area contributed by atoms with Gasteiger partial charge in [-0.05, 0) is 31.2 Å². The summed E-state index contributed by atoms with van der Waals surface area (Å²) in [5.74, 6) is -0.541. The number of pyridine rings is 1. The highest BCUT2D eigenvalue weighted by Crippen LogP contribution is 2.20. The van der Waals surface area contributed by atoms with Crippen LogP contribution in [0.25, 0.3) is 0 Å². The van der Waals surface area contributed by atoms with Gasteiger partial charge in [-0.25, -0.2) is 4.98 Å². The topological polar surface area (TPSA) is 94.3 Å². The Hall–Kier alpha value is -2.60. The van der Waals surface area contributed by atoms with Crippen LogP contribution in [0.1, 0.15) is 16.1 Å². The molecule has 3 N–H and O–H groups in total. The van der Waals surface area contributed by atoms with Gasteiger partial charge < -0.3 is 15.8 Å². The molecule has 0 radical (unpaired) electrons. The number of primary amides is 1. The summed E-state index contributed by atoms with van der Waals surface area (Å²) < 4.78 is 5.17. The molecule has 0 aliphatic heterocycles. The Morgan fingerprint density at radius 1 is 1.32 bits per heavy atom. The normalized spacial score (nSPS) is 10.1. The van der Waals surface area contributed by atoms with Crippen LogP contribution in [0.5, 0.6) is 5.75 Å². The Morgan fingerprint density at radius 2 is 2.09 bits per heavy atom. The van der Waals surface area contributed by atoms with Gasteiger partial charge in [0.2, 0.25) is 0 Å². The summed E-state index contributed by atoms with van der Waals surface area (Å²) in [4.78, 5) is 26.9. The van der Waals surface area contributed by atoms with Crippen molar-refractivity contribution in [3.8, 4) is 5.75 Å². The maximum Gasteiger partial charge on any atom is 0.258 e. The van der Waals surface area contributed by atoms with E-state index in [4.69, 9.17) is 22.1 Å². The maximum atomic E-state index is 12.2. The van der Waals surface area contributed by atoms with Crippen LogP contribution in [0.2, 0.25) is 5.15 Å². The maximum absolute atomic E-state index is 12.2. The molecule has 2 amide bonds. The van der Waals surface area contributed by atoms with E-state index in [-0.39, 0.29) is 23.2 Å². The Kier molecular flexibility index (Phi) is 4.95. The molecule has 0 aliphatic rings. The number of nitrogens with two attached hydrogens (primary N) is 1. The molecule has 0 saturated heterocycles. The van der Waals surface area contributed by atoms with E-state index in [9.17, 15) is 9.59 Å². The number of carbonyl (C=O) groups excluding carboxylic acids is 2. The van der Waals surface area contributed by atoms with Crippen LogP contribution in [0.4, 0.5) is 5.69 Å². The van der Waals surface area contributed by atoms with E-state index in [1.165, 1.54) is 0 Å².